The van der Waals surface area contributed by atoms with Gasteiger partial charge in [-0.05, 0) is 35.7 Å². The highest BCUT2D eigenvalue weighted by molar-refractivity contribution is 5.95. The maximum atomic E-state index is 12.1. The van der Waals surface area contributed by atoms with E-state index in [1.165, 1.54) is 11.8 Å². The van der Waals surface area contributed by atoms with Crippen LogP contribution in [0.5, 0.6) is 11.5 Å². The van der Waals surface area contributed by atoms with E-state index in [0.29, 0.717) is 28.5 Å². The molecule has 1 N–H and O–H groups in total. The summed E-state index contributed by atoms with van der Waals surface area (Å²) in [5.41, 5.74) is 4.99. The van der Waals surface area contributed by atoms with Gasteiger partial charge in [-0.15, -0.1) is 0 Å². The Hall–Kier alpha value is -2.82. The number of ether oxygens (including phenoxy) is 2. The monoisotopic (exact) mass is 326 g/mol. The number of para-hydroxylation sites is 1. The van der Waals surface area contributed by atoms with Gasteiger partial charge in [0.05, 0.1) is 20.4 Å². The molecule has 5 nitrogen and oxygen atoms in total. The van der Waals surface area contributed by atoms with Crippen molar-refractivity contribution in [2.24, 2.45) is 5.10 Å². The van der Waals surface area contributed by atoms with E-state index >= 15 is 0 Å². The van der Waals surface area contributed by atoms with Gasteiger partial charge < -0.3 is 9.47 Å². The third-order valence-electron chi connectivity index (χ3n) is 3.64. The van der Waals surface area contributed by atoms with Crippen molar-refractivity contribution >= 4 is 12.1 Å². The largest absolute Gasteiger partial charge is 0.493 e. The molecule has 1 amide bonds. The zero-order valence-corrected chi connectivity index (χ0v) is 14.4. The Labute approximate surface area is 142 Å². The average Bonchev–Trinajstić information content (AvgIpc) is 2.61. The molecule has 0 aliphatic heterocycles. The van der Waals surface area contributed by atoms with E-state index in [4.69, 9.17) is 9.47 Å². The van der Waals surface area contributed by atoms with Crippen LogP contribution in [-0.2, 0) is 0 Å². The Morgan fingerprint density at radius 1 is 1.08 bits per heavy atom. The van der Waals surface area contributed by atoms with Gasteiger partial charge in [0.25, 0.3) is 5.91 Å². The highest BCUT2D eigenvalue weighted by Crippen LogP contribution is 2.29. The first kappa shape index (κ1) is 17.5. The lowest BCUT2D eigenvalue weighted by atomic mass is 10.0. The Balaban J connectivity index is 2.07. The van der Waals surface area contributed by atoms with Crippen molar-refractivity contribution in [2.45, 2.75) is 19.8 Å². The number of hydrogen-bond acceptors (Lipinski definition) is 4. The molecule has 24 heavy (non-hydrogen) atoms. The third-order valence-corrected chi connectivity index (χ3v) is 3.64. The van der Waals surface area contributed by atoms with Crippen LogP contribution in [0.2, 0.25) is 0 Å². The number of carbonyl (C=O) groups excluding carboxylic acids is 1. The van der Waals surface area contributed by atoms with Crippen LogP contribution >= 0.6 is 0 Å². The van der Waals surface area contributed by atoms with Gasteiger partial charge in [-0.2, -0.15) is 5.10 Å². The quantitative estimate of drug-likeness (QED) is 0.652. The zero-order chi connectivity index (χ0) is 17.5. The lowest BCUT2D eigenvalue weighted by Gasteiger charge is -2.09. The molecule has 0 heterocycles. The average molecular weight is 326 g/mol. The molecule has 0 fully saturated rings. The van der Waals surface area contributed by atoms with E-state index < -0.39 is 0 Å². The number of nitrogens with one attached hydrogen (secondary N) is 1. The van der Waals surface area contributed by atoms with Crippen LogP contribution in [0.3, 0.4) is 0 Å². The van der Waals surface area contributed by atoms with E-state index in [9.17, 15) is 4.79 Å². The Kier molecular flexibility index (Phi) is 5.95. The van der Waals surface area contributed by atoms with Crippen LogP contribution in [0.15, 0.2) is 47.6 Å². The summed E-state index contributed by atoms with van der Waals surface area (Å²) in [5, 5.41) is 4.00. The van der Waals surface area contributed by atoms with Gasteiger partial charge in [-0.25, -0.2) is 5.43 Å². The molecule has 2 aromatic rings. The molecule has 0 aromatic heterocycles. The lowest BCUT2D eigenvalue weighted by molar-refractivity contribution is 0.0955. The minimum atomic E-state index is -0.261. The van der Waals surface area contributed by atoms with Crippen LogP contribution in [-0.4, -0.2) is 26.3 Å². The van der Waals surface area contributed by atoms with Crippen LogP contribution in [0.1, 0.15) is 41.3 Å². The summed E-state index contributed by atoms with van der Waals surface area (Å²) >= 11 is 0. The summed E-state index contributed by atoms with van der Waals surface area (Å²) < 4.78 is 10.5. The van der Waals surface area contributed by atoms with Crippen molar-refractivity contribution in [1.82, 2.24) is 5.43 Å². The Bertz CT molecular complexity index is 722. The highest BCUT2D eigenvalue weighted by Gasteiger charge is 2.08. The maximum absolute atomic E-state index is 12.1. The molecule has 5 heteroatoms. The normalized spacial score (nSPS) is 10.9. The predicted molar refractivity (Wildman–Crippen MR) is 95.1 cm³/mol. The second-order valence-corrected chi connectivity index (χ2v) is 5.56. The highest BCUT2D eigenvalue weighted by atomic mass is 16.5. The van der Waals surface area contributed by atoms with Gasteiger partial charge in [0.15, 0.2) is 11.5 Å². The fraction of sp³-hybridized carbons (Fsp3) is 0.263. The van der Waals surface area contributed by atoms with Gasteiger partial charge in [-0.1, -0.05) is 32.0 Å². The predicted octanol–water partition coefficient (Wildman–Crippen LogP) is 3.59. The van der Waals surface area contributed by atoms with Crippen LogP contribution in [0.25, 0.3) is 0 Å². The molecule has 0 saturated carbocycles. The minimum absolute atomic E-state index is 0.261. The second kappa shape index (κ2) is 8.15. The zero-order valence-electron chi connectivity index (χ0n) is 14.4. The molecule has 2 aromatic carbocycles. The third kappa shape index (κ3) is 4.13. The number of rotatable bonds is 6. The van der Waals surface area contributed by atoms with E-state index in [2.05, 4.69) is 24.4 Å². The van der Waals surface area contributed by atoms with Crippen molar-refractivity contribution < 1.29 is 14.3 Å². The number of benzene rings is 2. The first-order valence-corrected chi connectivity index (χ1v) is 7.71. The SMILES string of the molecule is COc1cccc(/C=N/NC(=O)c2ccc(C(C)C)cc2)c1OC. The van der Waals surface area contributed by atoms with Gasteiger partial charge in [0.2, 0.25) is 0 Å². The number of carbonyl (C=O) groups is 1. The Morgan fingerprint density at radius 3 is 2.38 bits per heavy atom. The van der Waals surface area contributed by atoms with Gasteiger partial charge in [0.1, 0.15) is 0 Å². The molecular formula is C19H22N2O3. The lowest BCUT2D eigenvalue weighted by Crippen LogP contribution is -2.17. The van der Waals surface area contributed by atoms with E-state index in [-0.39, 0.29) is 5.91 Å². The molecule has 0 spiro atoms. The summed E-state index contributed by atoms with van der Waals surface area (Å²) in [6, 6.07) is 13.0. The summed E-state index contributed by atoms with van der Waals surface area (Å²) in [7, 11) is 3.13. The topological polar surface area (TPSA) is 59.9 Å². The molecule has 2 rings (SSSR count). The smallest absolute Gasteiger partial charge is 0.271 e. The Morgan fingerprint density at radius 2 is 1.79 bits per heavy atom. The standard InChI is InChI=1S/C19H22N2O3/c1-13(2)14-8-10-15(11-9-14)19(22)21-20-12-16-6-5-7-17(23-3)18(16)24-4/h5-13H,1-4H3,(H,21,22)/b20-12+. The van der Waals surface area contributed by atoms with E-state index in [1.54, 1.807) is 32.4 Å². The van der Waals surface area contributed by atoms with Gasteiger partial charge in [0, 0.05) is 11.1 Å². The van der Waals surface area contributed by atoms with Crippen molar-refractivity contribution in [2.75, 3.05) is 14.2 Å². The first-order chi connectivity index (χ1) is 11.6. The number of methoxy groups -OCH3 is 2. The number of hydrogen-bond donors (Lipinski definition) is 1. The molecule has 0 radical (unpaired) electrons. The summed E-state index contributed by atoms with van der Waals surface area (Å²) in [6.45, 7) is 4.22. The molecule has 0 aliphatic carbocycles. The second-order valence-electron chi connectivity index (χ2n) is 5.56. The first-order valence-electron chi connectivity index (χ1n) is 7.71. The van der Waals surface area contributed by atoms with Crippen molar-refractivity contribution in [1.29, 1.82) is 0 Å². The fourth-order valence-electron chi connectivity index (χ4n) is 2.26. The number of amides is 1. The molecule has 0 unspecified atom stereocenters. The maximum Gasteiger partial charge on any atom is 0.271 e. The van der Waals surface area contributed by atoms with Gasteiger partial charge >= 0.3 is 0 Å². The molecule has 0 saturated heterocycles. The number of nitrogens with zero attached hydrogens (tertiary/aromatic N) is 1. The van der Waals surface area contributed by atoms with E-state index in [1.807, 2.05) is 24.3 Å². The minimum Gasteiger partial charge on any atom is -0.493 e. The van der Waals surface area contributed by atoms with Crippen molar-refractivity contribution in [3.05, 3.63) is 59.2 Å². The summed E-state index contributed by atoms with van der Waals surface area (Å²) in [5.74, 6) is 1.35. The van der Waals surface area contributed by atoms with Gasteiger partial charge in [-0.3, -0.25) is 4.79 Å². The van der Waals surface area contributed by atoms with Crippen LogP contribution in [0.4, 0.5) is 0 Å². The van der Waals surface area contributed by atoms with Crippen LogP contribution < -0.4 is 14.9 Å². The van der Waals surface area contributed by atoms with Crippen molar-refractivity contribution in [3.63, 3.8) is 0 Å². The van der Waals surface area contributed by atoms with Crippen molar-refractivity contribution in [3.8, 4) is 11.5 Å². The molecule has 126 valence electrons. The number of hydrazone groups is 1. The molecule has 0 bridgehead atoms. The fourth-order valence-corrected chi connectivity index (χ4v) is 2.26. The summed E-state index contributed by atoms with van der Waals surface area (Å²) in [4.78, 5) is 12.1. The summed E-state index contributed by atoms with van der Waals surface area (Å²) in [6.07, 6.45) is 1.53. The molecular weight excluding hydrogens is 304 g/mol. The van der Waals surface area contributed by atoms with E-state index in [0.717, 1.165) is 0 Å². The van der Waals surface area contributed by atoms with Crippen LogP contribution in [0, 0.1) is 0 Å². The molecule has 0 aliphatic rings. The molecule has 0 atom stereocenters.